The van der Waals surface area contributed by atoms with Crippen molar-refractivity contribution >= 4 is 16.8 Å². The number of nitrogens with zero attached hydrogens (tertiary/aromatic N) is 3. The van der Waals surface area contributed by atoms with Gasteiger partial charge in [-0.1, -0.05) is 5.16 Å². The summed E-state index contributed by atoms with van der Waals surface area (Å²) in [5.74, 6) is 1.89. The second kappa shape index (κ2) is 9.29. The van der Waals surface area contributed by atoms with Gasteiger partial charge in [-0.2, -0.15) is 4.98 Å². The second-order valence-electron chi connectivity index (χ2n) is 8.79. The van der Waals surface area contributed by atoms with Gasteiger partial charge in [0.1, 0.15) is 11.6 Å². The Balaban J connectivity index is 1.16. The van der Waals surface area contributed by atoms with Crippen LogP contribution in [-0.4, -0.2) is 46.1 Å². The van der Waals surface area contributed by atoms with Gasteiger partial charge in [0, 0.05) is 48.6 Å². The van der Waals surface area contributed by atoms with Gasteiger partial charge in [0.25, 0.3) is 0 Å². The molecule has 1 amide bonds. The first-order valence-corrected chi connectivity index (χ1v) is 11.5. The zero-order valence-electron chi connectivity index (χ0n) is 19.3. The number of carbonyl (C=O) groups is 1. The molecule has 7 nitrogen and oxygen atoms in total. The van der Waals surface area contributed by atoms with Crippen LogP contribution in [0, 0.1) is 12.7 Å². The van der Waals surface area contributed by atoms with Crippen LogP contribution in [-0.2, 0) is 11.2 Å². The van der Waals surface area contributed by atoms with Gasteiger partial charge in [-0.05, 0) is 73.2 Å². The number of likely N-dealkylation sites (tertiary alicyclic amines) is 1. The number of halogens is 1. The number of nitrogens with one attached hydrogen (secondary N) is 1. The van der Waals surface area contributed by atoms with Gasteiger partial charge in [0.2, 0.25) is 17.6 Å². The molecule has 0 aliphatic carbocycles. The third-order valence-electron chi connectivity index (χ3n) is 6.65. The highest BCUT2D eigenvalue weighted by Crippen LogP contribution is 2.35. The molecule has 1 aliphatic heterocycles. The van der Waals surface area contributed by atoms with Crippen molar-refractivity contribution in [2.24, 2.45) is 0 Å². The predicted octanol–water partition coefficient (Wildman–Crippen LogP) is 5.01. The van der Waals surface area contributed by atoms with Crippen LogP contribution >= 0.6 is 0 Å². The monoisotopic (exact) mass is 462 g/mol. The molecule has 8 heteroatoms. The summed E-state index contributed by atoms with van der Waals surface area (Å²) in [7, 11) is 1.68. The standard InChI is InChI=1S/C26H27FN4O3/c1-16-13-18(3-5-22(16)27)26-29-24(34-30-26)7-8-25(32)31-11-9-17(10-12-31)21-15-28-23-6-4-19(33-2)14-20(21)23/h3-6,13-15,17,28H,7-12H2,1-2H3. The number of hydrogen-bond donors (Lipinski definition) is 1. The first-order chi connectivity index (χ1) is 16.5. The Morgan fingerprint density at radius 2 is 2.06 bits per heavy atom. The van der Waals surface area contributed by atoms with Crippen LogP contribution in [0.15, 0.2) is 47.1 Å². The van der Waals surface area contributed by atoms with Crippen LogP contribution in [0.3, 0.4) is 0 Å². The van der Waals surface area contributed by atoms with E-state index in [1.165, 1.54) is 17.0 Å². The van der Waals surface area contributed by atoms with Crippen LogP contribution in [0.1, 0.15) is 42.2 Å². The van der Waals surface area contributed by atoms with Gasteiger partial charge in [-0.25, -0.2) is 4.39 Å². The topological polar surface area (TPSA) is 84.2 Å². The van der Waals surface area contributed by atoms with Crippen molar-refractivity contribution in [1.82, 2.24) is 20.0 Å². The Morgan fingerprint density at radius 3 is 2.82 bits per heavy atom. The van der Waals surface area contributed by atoms with E-state index in [2.05, 4.69) is 27.4 Å². The molecular weight excluding hydrogens is 435 g/mol. The summed E-state index contributed by atoms with van der Waals surface area (Å²) in [6, 6.07) is 10.8. The minimum absolute atomic E-state index is 0.0939. The van der Waals surface area contributed by atoms with Crippen molar-refractivity contribution in [3.8, 4) is 17.1 Å². The molecule has 2 aromatic heterocycles. The zero-order valence-corrected chi connectivity index (χ0v) is 19.3. The SMILES string of the molecule is COc1ccc2[nH]cc(C3CCN(C(=O)CCc4nc(-c5ccc(F)c(C)c5)no4)CC3)c2c1. The van der Waals surface area contributed by atoms with E-state index in [9.17, 15) is 9.18 Å². The van der Waals surface area contributed by atoms with Crippen molar-refractivity contribution in [3.63, 3.8) is 0 Å². The van der Waals surface area contributed by atoms with E-state index >= 15 is 0 Å². The molecule has 34 heavy (non-hydrogen) atoms. The summed E-state index contributed by atoms with van der Waals surface area (Å²) < 4.78 is 24.2. The minimum Gasteiger partial charge on any atom is -0.497 e. The van der Waals surface area contributed by atoms with Gasteiger partial charge in [-0.3, -0.25) is 4.79 Å². The molecule has 4 aromatic rings. The smallest absolute Gasteiger partial charge is 0.227 e. The molecule has 0 atom stereocenters. The lowest BCUT2D eigenvalue weighted by atomic mass is 9.89. The Bertz CT molecular complexity index is 1320. The van der Waals surface area contributed by atoms with E-state index in [0.29, 0.717) is 41.6 Å². The van der Waals surface area contributed by atoms with Gasteiger partial charge >= 0.3 is 0 Å². The lowest BCUT2D eigenvalue weighted by Gasteiger charge is -2.32. The lowest BCUT2D eigenvalue weighted by Crippen LogP contribution is -2.38. The van der Waals surface area contributed by atoms with E-state index in [4.69, 9.17) is 9.26 Å². The molecule has 0 unspecified atom stereocenters. The number of amides is 1. The Hall–Kier alpha value is -3.68. The molecule has 1 aliphatic rings. The molecule has 1 fully saturated rings. The average molecular weight is 463 g/mol. The van der Waals surface area contributed by atoms with Gasteiger partial charge < -0.3 is 19.1 Å². The van der Waals surface area contributed by atoms with Crippen LogP contribution in [0.4, 0.5) is 4.39 Å². The van der Waals surface area contributed by atoms with Crippen LogP contribution in [0.25, 0.3) is 22.3 Å². The maximum atomic E-state index is 13.5. The van der Waals surface area contributed by atoms with Gasteiger partial charge in [-0.15, -0.1) is 0 Å². The summed E-state index contributed by atoms with van der Waals surface area (Å²) in [5, 5.41) is 5.17. The summed E-state index contributed by atoms with van der Waals surface area (Å²) in [4.78, 5) is 22.4. The Labute approximate surface area is 196 Å². The number of piperidine rings is 1. The third kappa shape index (κ3) is 4.40. The molecule has 3 heterocycles. The third-order valence-corrected chi connectivity index (χ3v) is 6.65. The van der Waals surface area contributed by atoms with Gasteiger partial charge in [0.05, 0.1) is 7.11 Å². The van der Waals surface area contributed by atoms with Gasteiger partial charge in [0.15, 0.2) is 0 Å². The number of benzene rings is 2. The lowest BCUT2D eigenvalue weighted by molar-refractivity contribution is -0.132. The maximum absolute atomic E-state index is 13.5. The van der Waals surface area contributed by atoms with Crippen molar-refractivity contribution in [3.05, 3.63) is 65.4 Å². The summed E-state index contributed by atoms with van der Waals surface area (Å²) in [5.41, 5.74) is 3.60. The molecular formula is C26H27FN4O3. The van der Waals surface area contributed by atoms with Crippen molar-refractivity contribution < 1.29 is 18.4 Å². The highest BCUT2D eigenvalue weighted by molar-refractivity contribution is 5.85. The highest BCUT2D eigenvalue weighted by atomic mass is 19.1. The number of rotatable bonds is 6. The molecule has 1 N–H and O–H groups in total. The Kier molecular flexibility index (Phi) is 6.04. The predicted molar refractivity (Wildman–Crippen MR) is 126 cm³/mol. The largest absolute Gasteiger partial charge is 0.497 e. The number of methoxy groups -OCH3 is 1. The first-order valence-electron chi connectivity index (χ1n) is 11.5. The summed E-state index contributed by atoms with van der Waals surface area (Å²) in [6.45, 7) is 3.14. The molecule has 1 saturated heterocycles. The Morgan fingerprint density at radius 1 is 1.24 bits per heavy atom. The number of fused-ring (bicyclic) bond motifs is 1. The number of hydrogen-bond acceptors (Lipinski definition) is 5. The second-order valence-corrected chi connectivity index (χ2v) is 8.79. The van der Waals surface area contributed by atoms with Crippen LogP contribution in [0.5, 0.6) is 5.75 Å². The number of ether oxygens (including phenoxy) is 1. The van der Waals surface area contributed by atoms with Crippen LogP contribution in [0.2, 0.25) is 0 Å². The van der Waals surface area contributed by atoms with E-state index in [0.717, 1.165) is 37.2 Å². The van der Waals surface area contributed by atoms with E-state index in [1.807, 2.05) is 17.0 Å². The van der Waals surface area contributed by atoms with Crippen molar-refractivity contribution in [1.29, 1.82) is 0 Å². The van der Waals surface area contributed by atoms with Crippen molar-refractivity contribution in [2.75, 3.05) is 20.2 Å². The zero-order chi connectivity index (χ0) is 23.7. The molecule has 176 valence electrons. The number of aromatic amines is 1. The fraction of sp³-hybridized carbons (Fsp3) is 0.346. The maximum Gasteiger partial charge on any atom is 0.227 e. The number of carbonyl (C=O) groups excluding carboxylic acids is 1. The molecule has 0 bridgehead atoms. The first kappa shape index (κ1) is 22.1. The van der Waals surface area contributed by atoms with E-state index in [1.54, 1.807) is 26.2 Å². The van der Waals surface area contributed by atoms with E-state index < -0.39 is 0 Å². The molecule has 0 saturated carbocycles. The number of H-pyrrole nitrogens is 1. The summed E-state index contributed by atoms with van der Waals surface area (Å²) in [6.07, 6.45) is 4.63. The molecule has 2 aromatic carbocycles. The highest BCUT2D eigenvalue weighted by Gasteiger charge is 2.26. The fourth-order valence-electron chi connectivity index (χ4n) is 4.66. The van der Waals surface area contributed by atoms with E-state index in [-0.39, 0.29) is 11.7 Å². The van der Waals surface area contributed by atoms with Crippen molar-refractivity contribution in [2.45, 2.75) is 38.5 Å². The number of aryl methyl sites for hydroxylation is 2. The molecule has 0 spiro atoms. The quantitative estimate of drug-likeness (QED) is 0.435. The normalized spacial score (nSPS) is 14.6. The summed E-state index contributed by atoms with van der Waals surface area (Å²) >= 11 is 0. The molecule has 0 radical (unpaired) electrons. The molecule has 5 rings (SSSR count). The van der Waals surface area contributed by atoms with Crippen LogP contribution < -0.4 is 4.74 Å². The average Bonchev–Trinajstić information content (AvgIpc) is 3.51. The fourth-order valence-corrected chi connectivity index (χ4v) is 4.66. The minimum atomic E-state index is -0.272. The number of aromatic nitrogens is 3.